The number of benzene rings is 2. The molecular weight excluding hydrogens is 381 g/mol. The molecule has 0 bridgehead atoms. The molecule has 0 saturated carbocycles. The fraction of sp³-hybridized carbons (Fsp3) is 0.133. The van der Waals surface area contributed by atoms with Gasteiger partial charge in [0.2, 0.25) is 0 Å². The molecular formula is C15H18IN3O2. The number of rotatable bonds is 4. The molecule has 0 aromatic heterocycles. The van der Waals surface area contributed by atoms with Crippen LogP contribution in [-0.2, 0) is 6.54 Å². The number of nitrogens with two attached hydrogens (primary N) is 1. The lowest BCUT2D eigenvalue weighted by Crippen LogP contribution is -2.22. The normalized spacial score (nSPS) is 10.6. The van der Waals surface area contributed by atoms with E-state index in [1.54, 1.807) is 18.2 Å². The Morgan fingerprint density at radius 2 is 1.90 bits per heavy atom. The quantitative estimate of drug-likeness (QED) is 0.420. The standard InChI is InChI=1S/C15H17N3O2.HI/c1-20-13-9-5-6-11(14(13)19)10-17-15(16)18-12-7-3-2-4-8-12;/h2-9,19H,10H2,1H3,(H3,16,17,18);1H. The van der Waals surface area contributed by atoms with Gasteiger partial charge in [-0.05, 0) is 18.2 Å². The molecule has 0 saturated heterocycles. The van der Waals surface area contributed by atoms with E-state index in [9.17, 15) is 5.11 Å². The lowest BCUT2D eigenvalue weighted by Gasteiger charge is -2.08. The van der Waals surface area contributed by atoms with Gasteiger partial charge in [-0.25, -0.2) is 4.99 Å². The van der Waals surface area contributed by atoms with Gasteiger partial charge in [0, 0.05) is 11.3 Å². The van der Waals surface area contributed by atoms with E-state index in [4.69, 9.17) is 10.5 Å². The van der Waals surface area contributed by atoms with Crippen LogP contribution in [0.4, 0.5) is 5.69 Å². The Morgan fingerprint density at radius 1 is 1.19 bits per heavy atom. The molecule has 0 heterocycles. The second-order valence-corrected chi connectivity index (χ2v) is 4.16. The molecule has 0 aliphatic heterocycles. The first-order valence-corrected chi connectivity index (χ1v) is 6.17. The third-order valence-corrected chi connectivity index (χ3v) is 2.77. The van der Waals surface area contributed by atoms with Crippen LogP contribution in [0.5, 0.6) is 11.5 Å². The van der Waals surface area contributed by atoms with Crippen LogP contribution < -0.4 is 15.8 Å². The van der Waals surface area contributed by atoms with Crippen LogP contribution in [-0.4, -0.2) is 18.2 Å². The number of halogens is 1. The molecule has 21 heavy (non-hydrogen) atoms. The SMILES string of the molecule is COc1cccc(CN=C(N)Nc2ccccc2)c1O.I. The van der Waals surface area contributed by atoms with E-state index < -0.39 is 0 Å². The zero-order chi connectivity index (χ0) is 14.4. The average molecular weight is 399 g/mol. The average Bonchev–Trinajstić information content (AvgIpc) is 2.47. The van der Waals surface area contributed by atoms with Crippen molar-refractivity contribution in [1.29, 1.82) is 0 Å². The minimum atomic E-state index is 0. The van der Waals surface area contributed by atoms with Crippen molar-refractivity contribution < 1.29 is 9.84 Å². The number of anilines is 1. The summed E-state index contributed by atoms with van der Waals surface area (Å²) in [5.74, 6) is 0.803. The fourth-order valence-electron chi connectivity index (χ4n) is 1.74. The van der Waals surface area contributed by atoms with Crippen molar-refractivity contribution in [2.45, 2.75) is 6.54 Å². The summed E-state index contributed by atoms with van der Waals surface area (Å²) < 4.78 is 5.04. The zero-order valence-electron chi connectivity index (χ0n) is 11.6. The highest BCUT2D eigenvalue weighted by Crippen LogP contribution is 2.29. The van der Waals surface area contributed by atoms with Gasteiger partial charge < -0.3 is 20.9 Å². The first-order valence-electron chi connectivity index (χ1n) is 6.17. The van der Waals surface area contributed by atoms with E-state index >= 15 is 0 Å². The summed E-state index contributed by atoms with van der Waals surface area (Å²) in [6.07, 6.45) is 0. The maximum absolute atomic E-state index is 9.94. The van der Waals surface area contributed by atoms with Gasteiger partial charge in [0.25, 0.3) is 0 Å². The van der Waals surface area contributed by atoms with Gasteiger partial charge >= 0.3 is 0 Å². The van der Waals surface area contributed by atoms with Crippen molar-refractivity contribution in [3.63, 3.8) is 0 Å². The predicted molar refractivity (Wildman–Crippen MR) is 95.5 cm³/mol. The number of ether oxygens (including phenoxy) is 1. The molecule has 0 unspecified atom stereocenters. The number of methoxy groups -OCH3 is 1. The van der Waals surface area contributed by atoms with Crippen molar-refractivity contribution in [2.75, 3.05) is 12.4 Å². The number of phenols is 1. The number of guanidine groups is 1. The first kappa shape index (κ1) is 17.1. The van der Waals surface area contributed by atoms with E-state index in [1.165, 1.54) is 7.11 Å². The van der Waals surface area contributed by atoms with Gasteiger partial charge in [-0.3, -0.25) is 0 Å². The predicted octanol–water partition coefficient (Wildman–Crippen LogP) is 2.95. The Bertz CT molecular complexity index is 603. The molecule has 6 heteroatoms. The van der Waals surface area contributed by atoms with Gasteiger partial charge in [0.05, 0.1) is 13.7 Å². The Labute approximate surface area is 140 Å². The second-order valence-electron chi connectivity index (χ2n) is 4.16. The number of para-hydroxylation sites is 2. The van der Waals surface area contributed by atoms with Crippen LogP contribution in [0.25, 0.3) is 0 Å². The Balaban J connectivity index is 0.00000220. The van der Waals surface area contributed by atoms with Crippen LogP contribution in [0.15, 0.2) is 53.5 Å². The van der Waals surface area contributed by atoms with Gasteiger partial charge in [-0.1, -0.05) is 30.3 Å². The Hall–Kier alpha value is -1.96. The van der Waals surface area contributed by atoms with Crippen molar-refractivity contribution >= 4 is 35.6 Å². The topological polar surface area (TPSA) is 79.9 Å². The summed E-state index contributed by atoms with van der Waals surface area (Å²) in [5, 5.41) is 12.9. The summed E-state index contributed by atoms with van der Waals surface area (Å²) in [7, 11) is 1.51. The van der Waals surface area contributed by atoms with Gasteiger partial charge in [-0.15, -0.1) is 24.0 Å². The lowest BCUT2D eigenvalue weighted by atomic mass is 10.2. The highest BCUT2D eigenvalue weighted by Gasteiger charge is 2.06. The molecule has 2 rings (SSSR count). The summed E-state index contributed by atoms with van der Waals surface area (Å²) in [4.78, 5) is 4.19. The number of phenolic OH excluding ortho intramolecular Hbond substituents is 1. The van der Waals surface area contributed by atoms with Crippen molar-refractivity contribution in [2.24, 2.45) is 10.7 Å². The zero-order valence-corrected chi connectivity index (χ0v) is 13.9. The number of aliphatic imine (C=N–C) groups is 1. The van der Waals surface area contributed by atoms with E-state index in [2.05, 4.69) is 10.3 Å². The number of nitrogens with one attached hydrogen (secondary N) is 1. The first-order chi connectivity index (χ1) is 9.70. The van der Waals surface area contributed by atoms with Gasteiger partial charge in [0.1, 0.15) is 0 Å². The summed E-state index contributed by atoms with van der Waals surface area (Å²) in [6, 6.07) is 14.8. The molecule has 0 atom stereocenters. The molecule has 2 aromatic rings. The molecule has 0 radical (unpaired) electrons. The van der Waals surface area contributed by atoms with Crippen molar-refractivity contribution in [3.05, 3.63) is 54.1 Å². The van der Waals surface area contributed by atoms with Crippen LogP contribution in [0, 0.1) is 0 Å². The molecule has 0 aliphatic carbocycles. The number of aromatic hydroxyl groups is 1. The third kappa shape index (κ3) is 4.82. The number of hydrogen-bond acceptors (Lipinski definition) is 3. The van der Waals surface area contributed by atoms with Crippen LogP contribution in [0.1, 0.15) is 5.56 Å². The Kier molecular flexibility index (Phi) is 6.80. The molecule has 112 valence electrons. The maximum atomic E-state index is 9.94. The van der Waals surface area contributed by atoms with Crippen molar-refractivity contribution in [1.82, 2.24) is 0 Å². The van der Waals surface area contributed by atoms with Crippen LogP contribution in [0.3, 0.4) is 0 Å². The lowest BCUT2D eigenvalue weighted by molar-refractivity contribution is 0.370. The monoisotopic (exact) mass is 399 g/mol. The van der Waals surface area contributed by atoms with E-state index in [0.29, 0.717) is 17.3 Å². The van der Waals surface area contributed by atoms with Crippen molar-refractivity contribution in [3.8, 4) is 11.5 Å². The Morgan fingerprint density at radius 3 is 2.57 bits per heavy atom. The molecule has 0 fully saturated rings. The molecule has 2 aromatic carbocycles. The summed E-state index contributed by atoms with van der Waals surface area (Å²) in [5.41, 5.74) is 7.32. The van der Waals surface area contributed by atoms with Crippen LogP contribution in [0.2, 0.25) is 0 Å². The van der Waals surface area contributed by atoms with Gasteiger partial charge in [-0.2, -0.15) is 0 Å². The maximum Gasteiger partial charge on any atom is 0.193 e. The second kappa shape index (κ2) is 8.35. The molecule has 4 N–H and O–H groups in total. The number of hydrogen-bond donors (Lipinski definition) is 3. The van der Waals surface area contributed by atoms with Gasteiger partial charge in [0.15, 0.2) is 17.5 Å². The molecule has 0 amide bonds. The summed E-state index contributed by atoms with van der Waals surface area (Å²) in [6.45, 7) is 0.273. The fourth-order valence-corrected chi connectivity index (χ4v) is 1.74. The summed E-state index contributed by atoms with van der Waals surface area (Å²) >= 11 is 0. The van der Waals surface area contributed by atoms with Crippen LogP contribution >= 0.6 is 24.0 Å². The minimum Gasteiger partial charge on any atom is -0.504 e. The highest BCUT2D eigenvalue weighted by molar-refractivity contribution is 14.0. The molecule has 0 aliphatic rings. The van der Waals surface area contributed by atoms with E-state index in [0.717, 1.165) is 5.69 Å². The third-order valence-electron chi connectivity index (χ3n) is 2.77. The molecule has 0 spiro atoms. The smallest absolute Gasteiger partial charge is 0.193 e. The van der Waals surface area contributed by atoms with E-state index in [-0.39, 0.29) is 36.3 Å². The number of nitrogens with zero attached hydrogens (tertiary/aromatic N) is 1. The minimum absolute atomic E-state index is 0. The largest absolute Gasteiger partial charge is 0.504 e. The van der Waals surface area contributed by atoms with E-state index in [1.807, 2.05) is 30.3 Å². The highest BCUT2D eigenvalue weighted by atomic mass is 127. The molecule has 5 nitrogen and oxygen atoms in total.